The number of nitrogens with zero attached hydrogens (tertiary/aromatic N) is 5. The summed E-state index contributed by atoms with van der Waals surface area (Å²) in [6.45, 7) is 2.87. The van der Waals surface area contributed by atoms with E-state index in [2.05, 4.69) is 25.1 Å². The molecular formula is C20H20N8OS. The van der Waals surface area contributed by atoms with Gasteiger partial charge in [-0.05, 0) is 31.2 Å². The molecule has 0 aliphatic rings. The van der Waals surface area contributed by atoms with E-state index >= 15 is 0 Å². The molecule has 152 valence electrons. The summed E-state index contributed by atoms with van der Waals surface area (Å²) in [5.74, 6) is 0.993. The lowest BCUT2D eigenvalue weighted by Crippen LogP contribution is -2.32. The largest absolute Gasteiger partial charge is 0.382 e. The predicted molar refractivity (Wildman–Crippen MR) is 117 cm³/mol. The summed E-state index contributed by atoms with van der Waals surface area (Å²) in [5.41, 5.74) is 9.93. The summed E-state index contributed by atoms with van der Waals surface area (Å²) in [6, 6.07) is 7.57. The number of thiophene rings is 1. The summed E-state index contributed by atoms with van der Waals surface area (Å²) in [4.78, 5) is 28.2. The van der Waals surface area contributed by atoms with Crippen LogP contribution in [-0.4, -0.2) is 47.1 Å². The Morgan fingerprint density at radius 3 is 2.90 bits per heavy atom. The molecule has 0 saturated carbocycles. The van der Waals surface area contributed by atoms with Gasteiger partial charge in [0.2, 0.25) is 0 Å². The Kier molecular flexibility index (Phi) is 4.28. The molecule has 0 aliphatic heterocycles. The van der Waals surface area contributed by atoms with Crippen molar-refractivity contribution >= 4 is 44.3 Å². The predicted octanol–water partition coefficient (Wildman–Crippen LogP) is 3.15. The van der Waals surface area contributed by atoms with Crippen LogP contribution in [0.1, 0.15) is 23.2 Å². The molecule has 10 heteroatoms. The number of aryl methyl sites for hydroxylation is 1. The van der Waals surface area contributed by atoms with Gasteiger partial charge in [-0.15, -0.1) is 11.3 Å². The highest BCUT2D eigenvalue weighted by molar-refractivity contribution is 7.23. The number of hydrogen-bond donors (Lipinski definition) is 3. The molecule has 0 unspecified atom stereocenters. The van der Waals surface area contributed by atoms with Crippen molar-refractivity contribution in [2.45, 2.75) is 13.5 Å². The van der Waals surface area contributed by atoms with Gasteiger partial charge in [0, 0.05) is 26.0 Å². The average molecular weight is 421 g/mol. The van der Waals surface area contributed by atoms with Gasteiger partial charge in [-0.3, -0.25) is 9.89 Å². The van der Waals surface area contributed by atoms with Crippen molar-refractivity contribution in [1.82, 2.24) is 34.6 Å². The zero-order chi connectivity index (χ0) is 20.8. The second-order valence-electron chi connectivity index (χ2n) is 7.01. The van der Waals surface area contributed by atoms with Gasteiger partial charge in [0.25, 0.3) is 5.91 Å². The van der Waals surface area contributed by atoms with Gasteiger partial charge < -0.3 is 20.2 Å². The van der Waals surface area contributed by atoms with E-state index in [1.165, 1.54) is 0 Å². The number of anilines is 1. The second-order valence-corrected chi connectivity index (χ2v) is 8.06. The highest BCUT2D eigenvalue weighted by Crippen LogP contribution is 2.36. The van der Waals surface area contributed by atoms with Crippen LogP contribution >= 0.6 is 11.3 Å². The molecule has 5 aromatic heterocycles. The lowest BCUT2D eigenvalue weighted by atomic mass is 10.3. The summed E-state index contributed by atoms with van der Waals surface area (Å²) >= 11 is 1.58. The molecule has 5 rings (SSSR count). The van der Waals surface area contributed by atoms with Crippen LogP contribution in [0.4, 0.5) is 5.82 Å². The minimum atomic E-state index is -0.0429. The molecule has 30 heavy (non-hydrogen) atoms. The molecule has 9 nitrogen and oxygen atoms in total. The number of aromatic amines is 2. The van der Waals surface area contributed by atoms with Crippen molar-refractivity contribution in [2.75, 3.05) is 12.3 Å². The third kappa shape index (κ3) is 2.92. The molecule has 1 amide bonds. The number of carbonyl (C=O) groups is 1. The van der Waals surface area contributed by atoms with E-state index in [9.17, 15) is 4.79 Å². The molecule has 0 bridgehead atoms. The van der Waals surface area contributed by atoms with Gasteiger partial charge in [0.15, 0.2) is 5.82 Å². The number of amides is 1. The Labute approximate surface area is 175 Å². The number of imidazole rings is 1. The zero-order valence-corrected chi connectivity index (χ0v) is 17.3. The van der Waals surface area contributed by atoms with E-state index in [0.717, 1.165) is 26.3 Å². The van der Waals surface area contributed by atoms with Crippen LogP contribution in [0, 0.1) is 0 Å². The van der Waals surface area contributed by atoms with E-state index in [0.29, 0.717) is 35.9 Å². The Balaban J connectivity index is 1.54. The molecular weight excluding hydrogens is 400 g/mol. The summed E-state index contributed by atoms with van der Waals surface area (Å²) in [7, 11) is 1.86. The Morgan fingerprint density at radius 1 is 1.33 bits per heavy atom. The first-order chi connectivity index (χ1) is 14.5. The minimum Gasteiger partial charge on any atom is -0.382 e. The van der Waals surface area contributed by atoms with Crippen LogP contribution in [-0.2, 0) is 13.6 Å². The fourth-order valence-electron chi connectivity index (χ4n) is 3.55. The van der Waals surface area contributed by atoms with Crippen LogP contribution in [0.5, 0.6) is 0 Å². The fourth-order valence-corrected chi connectivity index (χ4v) is 4.62. The van der Waals surface area contributed by atoms with Crippen LogP contribution < -0.4 is 5.73 Å². The highest BCUT2D eigenvalue weighted by Gasteiger charge is 2.20. The highest BCUT2D eigenvalue weighted by atomic mass is 32.1. The number of nitrogen functional groups attached to an aromatic ring is 1. The molecule has 0 spiro atoms. The van der Waals surface area contributed by atoms with Gasteiger partial charge in [-0.25, -0.2) is 9.97 Å². The molecule has 0 saturated heterocycles. The van der Waals surface area contributed by atoms with Crippen LogP contribution in [0.25, 0.3) is 31.8 Å². The molecule has 0 aromatic carbocycles. The van der Waals surface area contributed by atoms with Crippen molar-refractivity contribution < 1.29 is 4.79 Å². The number of aromatic nitrogens is 6. The number of H-pyrrole nitrogens is 2. The minimum absolute atomic E-state index is 0.0429. The van der Waals surface area contributed by atoms with Crippen LogP contribution in [0.15, 0.2) is 36.7 Å². The van der Waals surface area contributed by atoms with E-state index in [1.807, 2.05) is 49.0 Å². The first-order valence-electron chi connectivity index (χ1n) is 9.53. The smallest absolute Gasteiger partial charge is 0.270 e. The molecule has 0 atom stereocenters. The first kappa shape index (κ1) is 18.4. The average Bonchev–Trinajstić information content (AvgIpc) is 3.50. The van der Waals surface area contributed by atoms with Gasteiger partial charge in [0.1, 0.15) is 22.7 Å². The topological polar surface area (TPSA) is 122 Å². The molecule has 4 N–H and O–H groups in total. The quantitative estimate of drug-likeness (QED) is 0.403. The first-order valence-corrected chi connectivity index (χ1v) is 10.3. The van der Waals surface area contributed by atoms with E-state index < -0.39 is 0 Å². The second kappa shape index (κ2) is 6.99. The number of rotatable bonds is 5. The Morgan fingerprint density at radius 2 is 2.20 bits per heavy atom. The summed E-state index contributed by atoms with van der Waals surface area (Å²) in [6.07, 6.45) is 3.65. The van der Waals surface area contributed by atoms with Crippen molar-refractivity contribution in [1.29, 1.82) is 0 Å². The van der Waals surface area contributed by atoms with E-state index in [4.69, 9.17) is 5.73 Å². The number of fused-ring (bicyclic) bond motifs is 3. The van der Waals surface area contributed by atoms with Crippen molar-refractivity contribution in [3.8, 4) is 10.6 Å². The van der Waals surface area contributed by atoms with E-state index in [1.54, 1.807) is 22.4 Å². The third-order valence-electron chi connectivity index (χ3n) is 5.10. The zero-order valence-electron chi connectivity index (χ0n) is 16.5. The molecule has 5 heterocycles. The number of hydrogen-bond acceptors (Lipinski definition) is 6. The SMILES string of the molecule is CCN(Cc1nc2c(N)nc3cc(-c4cc[nH]n4)sc3c2[nH]1)C(=O)c1cccn1C. The maximum atomic E-state index is 12.9. The standard InChI is InChI=1S/C20H20N8OS/c1-3-28(20(29)13-5-4-8-27(13)2)10-15-24-16-17(25-15)19(21)23-12-9-14(30-18(12)16)11-6-7-22-26-11/h4-9H,3,10H2,1-2H3,(H2,21,23)(H,22,26)(H,24,25). The molecule has 0 fully saturated rings. The van der Waals surface area contributed by atoms with Gasteiger partial charge >= 0.3 is 0 Å². The Hall–Kier alpha value is -3.66. The summed E-state index contributed by atoms with van der Waals surface area (Å²) in [5, 5.41) is 7.08. The van der Waals surface area contributed by atoms with Gasteiger partial charge in [0.05, 0.1) is 27.2 Å². The lowest BCUT2D eigenvalue weighted by Gasteiger charge is -2.19. The van der Waals surface area contributed by atoms with Crippen LogP contribution in [0.2, 0.25) is 0 Å². The monoisotopic (exact) mass is 420 g/mol. The lowest BCUT2D eigenvalue weighted by molar-refractivity contribution is 0.0739. The van der Waals surface area contributed by atoms with Crippen molar-refractivity contribution in [3.05, 3.63) is 48.2 Å². The number of pyridine rings is 1. The third-order valence-corrected chi connectivity index (χ3v) is 6.27. The molecule has 5 aromatic rings. The van der Waals surface area contributed by atoms with Crippen molar-refractivity contribution in [2.24, 2.45) is 7.05 Å². The maximum Gasteiger partial charge on any atom is 0.270 e. The van der Waals surface area contributed by atoms with Crippen molar-refractivity contribution in [3.63, 3.8) is 0 Å². The van der Waals surface area contributed by atoms with Crippen LogP contribution in [0.3, 0.4) is 0 Å². The molecule has 0 radical (unpaired) electrons. The van der Waals surface area contributed by atoms with E-state index in [-0.39, 0.29) is 5.91 Å². The fraction of sp³-hybridized carbons (Fsp3) is 0.200. The molecule has 0 aliphatic carbocycles. The summed E-state index contributed by atoms with van der Waals surface area (Å²) < 4.78 is 2.78. The number of nitrogens with one attached hydrogen (secondary N) is 2. The normalized spacial score (nSPS) is 11.5. The number of nitrogens with two attached hydrogens (primary N) is 1. The van der Waals surface area contributed by atoms with Gasteiger partial charge in [-0.2, -0.15) is 5.10 Å². The Bertz CT molecular complexity index is 1360. The number of carbonyl (C=O) groups excluding carboxylic acids is 1. The van der Waals surface area contributed by atoms with Gasteiger partial charge in [-0.1, -0.05) is 0 Å². The maximum absolute atomic E-state index is 12.9.